The highest BCUT2D eigenvalue weighted by Gasteiger charge is 2.29. The number of fused-ring (bicyclic) bond motifs is 2. The van der Waals surface area contributed by atoms with E-state index in [1.165, 1.54) is 12.1 Å². The van der Waals surface area contributed by atoms with Crippen LogP contribution in [-0.2, 0) is 6.61 Å². The molecule has 0 bridgehead atoms. The maximum atomic E-state index is 13.0. The molecule has 2 aliphatic rings. The van der Waals surface area contributed by atoms with E-state index in [4.69, 9.17) is 14.2 Å². The summed E-state index contributed by atoms with van der Waals surface area (Å²) in [5, 5.41) is 0. The van der Waals surface area contributed by atoms with Gasteiger partial charge >= 0.3 is 0 Å². The molecule has 0 unspecified atom stereocenters. The Morgan fingerprint density at radius 3 is 2.68 bits per heavy atom. The lowest BCUT2D eigenvalue weighted by Crippen LogP contribution is -2.18. The summed E-state index contributed by atoms with van der Waals surface area (Å²) in [5.41, 5.74) is 3.17. The largest absolute Gasteiger partial charge is 0.489 e. The van der Waals surface area contributed by atoms with Gasteiger partial charge in [-0.3, -0.25) is 4.79 Å². The molecule has 0 saturated heterocycles. The van der Waals surface area contributed by atoms with Crippen molar-refractivity contribution >= 4 is 11.9 Å². The van der Waals surface area contributed by atoms with E-state index in [-0.39, 0.29) is 30.1 Å². The molecule has 1 atom stereocenters. The number of ketones is 1. The monoisotopic (exact) mass is 414 g/mol. The van der Waals surface area contributed by atoms with Crippen LogP contribution in [0.4, 0.5) is 4.39 Å². The summed E-state index contributed by atoms with van der Waals surface area (Å²) >= 11 is 0. The van der Waals surface area contributed by atoms with E-state index < -0.39 is 0 Å². The number of ether oxygens (including phenoxy) is 3. The van der Waals surface area contributed by atoms with Crippen LogP contribution in [0.2, 0.25) is 0 Å². The molecular formula is C26H19FO4. The minimum atomic E-state index is -0.288. The first-order valence-electron chi connectivity index (χ1n) is 10.00. The van der Waals surface area contributed by atoms with E-state index in [1.54, 1.807) is 36.4 Å². The third-order valence-corrected chi connectivity index (χ3v) is 5.27. The highest BCUT2D eigenvalue weighted by molar-refractivity contribution is 6.12. The van der Waals surface area contributed by atoms with Crippen molar-refractivity contribution in [1.29, 1.82) is 0 Å². The Kier molecular flexibility index (Phi) is 4.79. The minimum absolute atomic E-state index is 0.174. The van der Waals surface area contributed by atoms with Gasteiger partial charge in [0.1, 0.15) is 35.8 Å². The molecule has 0 amide bonds. The molecule has 31 heavy (non-hydrogen) atoms. The molecule has 0 spiro atoms. The van der Waals surface area contributed by atoms with Crippen LogP contribution in [0.3, 0.4) is 0 Å². The molecule has 2 heterocycles. The maximum absolute atomic E-state index is 13.0. The highest BCUT2D eigenvalue weighted by Crippen LogP contribution is 2.36. The summed E-state index contributed by atoms with van der Waals surface area (Å²) in [5.74, 6) is 1.64. The van der Waals surface area contributed by atoms with Crippen molar-refractivity contribution in [2.75, 3.05) is 0 Å². The molecule has 0 aliphatic carbocycles. The second-order valence-electron chi connectivity index (χ2n) is 7.46. The van der Waals surface area contributed by atoms with Crippen LogP contribution >= 0.6 is 0 Å². The number of halogens is 1. The molecule has 0 fully saturated rings. The number of rotatable bonds is 4. The first kappa shape index (κ1) is 19.1. The molecular weight excluding hydrogens is 395 g/mol. The van der Waals surface area contributed by atoms with Gasteiger partial charge in [0.2, 0.25) is 5.78 Å². The summed E-state index contributed by atoms with van der Waals surface area (Å²) in [7, 11) is 0. The van der Waals surface area contributed by atoms with E-state index in [0.29, 0.717) is 17.1 Å². The molecule has 0 radical (unpaired) electrons. The second-order valence-corrected chi connectivity index (χ2v) is 7.46. The Bertz CT molecular complexity index is 1220. The Balaban J connectivity index is 1.35. The topological polar surface area (TPSA) is 44.8 Å². The van der Waals surface area contributed by atoms with Crippen LogP contribution < -0.4 is 14.2 Å². The fraction of sp³-hybridized carbons (Fsp3) is 0.115. The van der Waals surface area contributed by atoms with Crippen molar-refractivity contribution in [2.45, 2.75) is 19.6 Å². The lowest BCUT2D eigenvalue weighted by molar-refractivity contribution is 0.101. The first-order valence-corrected chi connectivity index (χ1v) is 10.00. The maximum Gasteiger partial charge on any atom is 0.231 e. The minimum Gasteiger partial charge on any atom is -0.489 e. The number of carbonyl (C=O) groups is 1. The lowest BCUT2D eigenvalue weighted by atomic mass is 10.0. The Hall–Kier alpha value is -3.86. The van der Waals surface area contributed by atoms with Crippen LogP contribution in [0.1, 0.15) is 28.4 Å². The number of benzene rings is 3. The van der Waals surface area contributed by atoms with Gasteiger partial charge in [0.15, 0.2) is 5.76 Å². The van der Waals surface area contributed by atoms with Crippen LogP contribution in [0.25, 0.3) is 6.08 Å². The molecule has 5 heteroatoms. The third kappa shape index (κ3) is 3.82. The van der Waals surface area contributed by atoms with E-state index in [1.807, 2.05) is 37.3 Å². The zero-order valence-corrected chi connectivity index (χ0v) is 16.8. The molecule has 2 aliphatic heterocycles. The van der Waals surface area contributed by atoms with Gasteiger partial charge in [-0.05, 0) is 60.5 Å². The third-order valence-electron chi connectivity index (χ3n) is 5.27. The van der Waals surface area contributed by atoms with E-state index in [2.05, 4.69) is 0 Å². The van der Waals surface area contributed by atoms with Crippen molar-refractivity contribution in [3.63, 3.8) is 0 Å². The van der Waals surface area contributed by atoms with Crippen LogP contribution in [0, 0.1) is 5.82 Å². The van der Waals surface area contributed by atoms with Gasteiger partial charge in [0.25, 0.3) is 0 Å². The summed E-state index contributed by atoms with van der Waals surface area (Å²) in [4.78, 5) is 12.8. The van der Waals surface area contributed by atoms with Gasteiger partial charge < -0.3 is 14.2 Å². The number of allylic oxidation sites excluding steroid dienone is 1. The van der Waals surface area contributed by atoms with Crippen LogP contribution in [-0.4, -0.2) is 11.9 Å². The molecule has 154 valence electrons. The molecule has 4 nitrogen and oxygen atoms in total. The van der Waals surface area contributed by atoms with Crippen molar-refractivity contribution in [3.05, 3.63) is 107 Å². The van der Waals surface area contributed by atoms with E-state index in [0.717, 1.165) is 22.4 Å². The zero-order chi connectivity index (χ0) is 21.4. The number of carbonyl (C=O) groups excluding carboxylic acids is 1. The molecule has 0 aromatic heterocycles. The van der Waals surface area contributed by atoms with Crippen molar-refractivity contribution in [2.24, 2.45) is 0 Å². The standard InChI is InChI=1S/C26H19FO4/c1-16-19(12-18-4-2-3-5-23(18)30-16)13-25-26(28)22-11-10-21(14-24(22)31-25)29-15-17-6-8-20(27)9-7-17/h2-14,16H,15H2,1H3/b25-13-/t16-/m0/s1. The number of Topliss-reactive ketones (excluding diaryl/α,β-unsaturated/α-hetero) is 1. The quantitative estimate of drug-likeness (QED) is 0.512. The molecule has 5 rings (SSSR count). The smallest absolute Gasteiger partial charge is 0.231 e. The van der Waals surface area contributed by atoms with Crippen molar-refractivity contribution in [3.8, 4) is 17.2 Å². The van der Waals surface area contributed by atoms with Gasteiger partial charge in [-0.15, -0.1) is 0 Å². The Morgan fingerprint density at radius 2 is 1.84 bits per heavy atom. The van der Waals surface area contributed by atoms with E-state index in [9.17, 15) is 9.18 Å². The average molecular weight is 414 g/mol. The summed E-state index contributed by atoms with van der Waals surface area (Å²) in [6, 6.07) is 19.0. The molecule has 0 saturated carbocycles. The summed E-state index contributed by atoms with van der Waals surface area (Å²) in [6.07, 6.45) is 3.55. The fourth-order valence-electron chi connectivity index (χ4n) is 3.58. The second kappa shape index (κ2) is 7.76. The summed E-state index contributed by atoms with van der Waals surface area (Å²) < 4.78 is 30.6. The fourth-order valence-corrected chi connectivity index (χ4v) is 3.58. The molecule has 3 aromatic carbocycles. The van der Waals surface area contributed by atoms with Gasteiger partial charge in [0, 0.05) is 11.6 Å². The van der Waals surface area contributed by atoms with Gasteiger partial charge in [-0.25, -0.2) is 4.39 Å². The average Bonchev–Trinajstić information content (AvgIpc) is 3.08. The predicted molar refractivity (Wildman–Crippen MR) is 115 cm³/mol. The van der Waals surface area contributed by atoms with Crippen molar-refractivity contribution < 1.29 is 23.4 Å². The van der Waals surface area contributed by atoms with Gasteiger partial charge in [-0.1, -0.05) is 30.3 Å². The number of hydrogen-bond acceptors (Lipinski definition) is 4. The zero-order valence-electron chi connectivity index (χ0n) is 16.8. The Morgan fingerprint density at radius 1 is 1.03 bits per heavy atom. The lowest BCUT2D eigenvalue weighted by Gasteiger charge is -2.22. The highest BCUT2D eigenvalue weighted by atomic mass is 19.1. The normalized spacial score (nSPS) is 18.0. The Labute approximate surface area is 179 Å². The predicted octanol–water partition coefficient (Wildman–Crippen LogP) is 5.73. The first-order chi connectivity index (χ1) is 15.1. The van der Waals surface area contributed by atoms with Crippen molar-refractivity contribution in [1.82, 2.24) is 0 Å². The number of hydrogen-bond donors (Lipinski definition) is 0. The van der Waals surface area contributed by atoms with Crippen LogP contribution in [0.5, 0.6) is 17.2 Å². The molecule has 3 aromatic rings. The number of para-hydroxylation sites is 1. The van der Waals surface area contributed by atoms with Gasteiger partial charge in [-0.2, -0.15) is 0 Å². The SMILES string of the molecule is C[C@@H]1Oc2ccccc2C=C1/C=C1\Oc2cc(OCc3ccc(F)cc3)ccc2C1=O. The van der Waals surface area contributed by atoms with E-state index >= 15 is 0 Å². The van der Waals surface area contributed by atoms with Gasteiger partial charge in [0.05, 0.1) is 5.56 Å². The van der Waals surface area contributed by atoms with Crippen LogP contribution in [0.15, 0.2) is 84.1 Å². The molecule has 0 N–H and O–H groups in total. The summed E-state index contributed by atoms with van der Waals surface area (Å²) in [6.45, 7) is 2.23.